The summed E-state index contributed by atoms with van der Waals surface area (Å²) in [7, 11) is 0. The molecule has 1 N–H and O–H groups in total. The van der Waals surface area contributed by atoms with E-state index in [2.05, 4.69) is 10.3 Å². The molecule has 4 nitrogen and oxygen atoms in total. The molecule has 2 aromatic rings. The second-order valence-electron chi connectivity index (χ2n) is 4.63. The summed E-state index contributed by atoms with van der Waals surface area (Å²) < 4.78 is 5.53. The average Bonchev–Trinajstić information content (AvgIpc) is 2.41. The van der Waals surface area contributed by atoms with Crippen molar-refractivity contribution in [3.8, 4) is 5.75 Å². The van der Waals surface area contributed by atoms with Crippen molar-refractivity contribution in [1.29, 1.82) is 0 Å². The lowest BCUT2D eigenvalue weighted by Crippen LogP contribution is -2.12. The lowest BCUT2D eigenvalue weighted by Gasteiger charge is -2.12. The van der Waals surface area contributed by atoms with Crippen molar-refractivity contribution in [2.24, 2.45) is 0 Å². The molecule has 1 aromatic carbocycles. The Hall–Kier alpha value is -1.78. The van der Waals surface area contributed by atoms with Gasteiger partial charge in [-0.2, -0.15) is 0 Å². The topological polar surface area (TPSA) is 51.2 Å². The predicted octanol–water partition coefficient (Wildman–Crippen LogP) is 4.43. The normalized spacial score (nSPS) is 10.5. The molecule has 0 fully saturated rings. The first kappa shape index (κ1) is 15.6. The Labute approximate surface area is 133 Å². The van der Waals surface area contributed by atoms with Gasteiger partial charge < -0.3 is 10.1 Å². The van der Waals surface area contributed by atoms with Gasteiger partial charge in [-0.05, 0) is 44.2 Å². The minimum atomic E-state index is -0.284. The summed E-state index contributed by atoms with van der Waals surface area (Å²) in [5.74, 6) is 0.296. The van der Waals surface area contributed by atoms with Gasteiger partial charge in [0.15, 0.2) is 0 Å². The number of ether oxygens (including phenoxy) is 1. The fraction of sp³-hybridized carbons (Fsp3) is 0.200. The van der Waals surface area contributed by atoms with Gasteiger partial charge in [0.05, 0.1) is 11.1 Å². The maximum absolute atomic E-state index is 12.1. The molecular weight excluding hydrogens is 311 g/mol. The highest BCUT2D eigenvalue weighted by atomic mass is 35.5. The fourth-order valence-corrected chi connectivity index (χ4v) is 2.07. The molecule has 0 radical (unpaired) electrons. The van der Waals surface area contributed by atoms with E-state index in [0.717, 1.165) is 0 Å². The molecule has 0 bridgehead atoms. The standard InChI is InChI=1S/C15H14Cl2N2O2/c1-9(2)21-13-4-3-11(8-12(13)16)19-15(20)10-5-6-18-14(17)7-10/h3-9H,1-2H3,(H,19,20). The van der Waals surface area contributed by atoms with Crippen molar-refractivity contribution in [3.63, 3.8) is 0 Å². The smallest absolute Gasteiger partial charge is 0.255 e. The number of hydrogen-bond donors (Lipinski definition) is 1. The van der Waals surface area contributed by atoms with Gasteiger partial charge in [-0.15, -0.1) is 0 Å². The predicted molar refractivity (Wildman–Crippen MR) is 84.4 cm³/mol. The van der Waals surface area contributed by atoms with Crippen LogP contribution in [0.2, 0.25) is 10.2 Å². The van der Waals surface area contributed by atoms with Crippen LogP contribution in [0.4, 0.5) is 5.69 Å². The zero-order chi connectivity index (χ0) is 15.4. The number of carbonyl (C=O) groups excluding carboxylic acids is 1. The summed E-state index contributed by atoms with van der Waals surface area (Å²) in [5, 5.41) is 3.45. The summed E-state index contributed by atoms with van der Waals surface area (Å²) in [6, 6.07) is 8.16. The number of benzene rings is 1. The van der Waals surface area contributed by atoms with Crippen molar-refractivity contribution in [3.05, 3.63) is 52.3 Å². The van der Waals surface area contributed by atoms with Crippen LogP contribution in [-0.4, -0.2) is 17.0 Å². The minimum Gasteiger partial charge on any atom is -0.489 e. The van der Waals surface area contributed by atoms with Crippen LogP contribution in [0.1, 0.15) is 24.2 Å². The Morgan fingerprint density at radius 2 is 2.00 bits per heavy atom. The monoisotopic (exact) mass is 324 g/mol. The number of aromatic nitrogens is 1. The number of pyridine rings is 1. The van der Waals surface area contributed by atoms with Crippen LogP contribution in [0.5, 0.6) is 5.75 Å². The first-order valence-electron chi connectivity index (χ1n) is 6.35. The van der Waals surface area contributed by atoms with Crippen molar-refractivity contribution < 1.29 is 9.53 Å². The van der Waals surface area contributed by atoms with Crippen molar-refractivity contribution >= 4 is 34.8 Å². The van der Waals surface area contributed by atoms with Gasteiger partial charge in [-0.25, -0.2) is 4.98 Å². The number of rotatable bonds is 4. The zero-order valence-corrected chi connectivity index (χ0v) is 13.1. The molecular formula is C15H14Cl2N2O2. The van der Waals surface area contributed by atoms with Crippen LogP contribution in [0.25, 0.3) is 0 Å². The van der Waals surface area contributed by atoms with Crippen LogP contribution in [0, 0.1) is 0 Å². The Morgan fingerprint density at radius 3 is 2.62 bits per heavy atom. The van der Waals surface area contributed by atoms with E-state index in [4.69, 9.17) is 27.9 Å². The minimum absolute atomic E-state index is 0.0295. The van der Waals surface area contributed by atoms with E-state index in [-0.39, 0.29) is 17.2 Å². The molecule has 1 amide bonds. The van der Waals surface area contributed by atoms with Crippen molar-refractivity contribution in [2.75, 3.05) is 5.32 Å². The highest BCUT2D eigenvalue weighted by Crippen LogP contribution is 2.28. The van der Waals surface area contributed by atoms with Gasteiger partial charge in [-0.1, -0.05) is 23.2 Å². The summed E-state index contributed by atoms with van der Waals surface area (Å²) in [4.78, 5) is 15.9. The molecule has 21 heavy (non-hydrogen) atoms. The molecule has 0 unspecified atom stereocenters. The first-order valence-corrected chi connectivity index (χ1v) is 7.10. The molecule has 0 saturated heterocycles. The molecule has 0 atom stereocenters. The number of halogens is 2. The molecule has 0 aliphatic carbocycles. The largest absolute Gasteiger partial charge is 0.489 e. The van der Waals surface area contributed by atoms with Crippen LogP contribution in [0.3, 0.4) is 0 Å². The first-order chi connectivity index (χ1) is 9.95. The van der Waals surface area contributed by atoms with Gasteiger partial charge in [-0.3, -0.25) is 4.79 Å². The van der Waals surface area contributed by atoms with Crippen molar-refractivity contribution in [2.45, 2.75) is 20.0 Å². The average molecular weight is 325 g/mol. The van der Waals surface area contributed by atoms with Crippen LogP contribution in [-0.2, 0) is 0 Å². The summed E-state index contributed by atoms with van der Waals surface area (Å²) in [6.07, 6.45) is 1.51. The highest BCUT2D eigenvalue weighted by Gasteiger charge is 2.09. The summed E-state index contributed by atoms with van der Waals surface area (Å²) in [5.41, 5.74) is 1.00. The molecule has 0 aliphatic heterocycles. The lowest BCUT2D eigenvalue weighted by molar-refractivity contribution is 0.102. The number of carbonyl (C=O) groups is 1. The van der Waals surface area contributed by atoms with Gasteiger partial charge in [0, 0.05) is 17.4 Å². The van der Waals surface area contributed by atoms with Crippen LogP contribution < -0.4 is 10.1 Å². The van der Waals surface area contributed by atoms with Crippen molar-refractivity contribution in [1.82, 2.24) is 4.98 Å². The van der Waals surface area contributed by atoms with Gasteiger partial charge in [0.2, 0.25) is 0 Å². The molecule has 0 saturated carbocycles. The second kappa shape index (κ2) is 6.78. The van der Waals surface area contributed by atoms with E-state index in [1.54, 1.807) is 24.3 Å². The SMILES string of the molecule is CC(C)Oc1ccc(NC(=O)c2ccnc(Cl)c2)cc1Cl. The number of hydrogen-bond acceptors (Lipinski definition) is 3. The number of amides is 1. The molecule has 1 heterocycles. The molecule has 110 valence electrons. The Bertz CT molecular complexity index is 660. The zero-order valence-electron chi connectivity index (χ0n) is 11.6. The van der Waals surface area contributed by atoms with E-state index < -0.39 is 0 Å². The molecule has 1 aromatic heterocycles. The third-order valence-corrected chi connectivity index (χ3v) is 3.04. The molecule has 0 spiro atoms. The maximum atomic E-state index is 12.1. The number of anilines is 1. The van der Waals surface area contributed by atoms with Gasteiger partial charge in [0.1, 0.15) is 10.9 Å². The third kappa shape index (κ3) is 4.34. The number of nitrogens with zero attached hydrogens (tertiary/aromatic N) is 1. The Morgan fingerprint density at radius 1 is 1.24 bits per heavy atom. The van der Waals surface area contributed by atoms with Crippen LogP contribution >= 0.6 is 23.2 Å². The van der Waals surface area contributed by atoms with E-state index in [1.165, 1.54) is 12.3 Å². The quantitative estimate of drug-likeness (QED) is 0.846. The lowest BCUT2D eigenvalue weighted by atomic mass is 10.2. The van der Waals surface area contributed by atoms with Gasteiger partial charge in [0.25, 0.3) is 5.91 Å². The fourth-order valence-electron chi connectivity index (χ4n) is 1.68. The van der Waals surface area contributed by atoms with E-state index >= 15 is 0 Å². The molecule has 6 heteroatoms. The van der Waals surface area contributed by atoms with Gasteiger partial charge >= 0.3 is 0 Å². The van der Waals surface area contributed by atoms with E-state index in [0.29, 0.717) is 22.0 Å². The number of nitrogens with one attached hydrogen (secondary N) is 1. The maximum Gasteiger partial charge on any atom is 0.255 e. The third-order valence-electron chi connectivity index (χ3n) is 2.54. The molecule has 2 rings (SSSR count). The second-order valence-corrected chi connectivity index (χ2v) is 5.43. The summed E-state index contributed by atoms with van der Waals surface area (Å²) in [6.45, 7) is 3.83. The summed E-state index contributed by atoms with van der Waals surface area (Å²) >= 11 is 11.9. The van der Waals surface area contributed by atoms with Crippen LogP contribution in [0.15, 0.2) is 36.5 Å². The van der Waals surface area contributed by atoms with E-state index in [9.17, 15) is 4.79 Å². The van der Waals surface area contributed by atoms with E-state index in [1.807, 2.05) is 13.8 Å². The Balaban J connectivity index is 2.13. The molecule has 0 aliphatic rings. The highest BCUT2D eigenvalue weighted by molar-refractivity contribution is 6.32. The Kier molecular flexibility index (Phi) is 5.04.